The zero-order chi connectivity index (χ0) is 28.1. The van der Waals surface area contributed by atoms with Crippen LogP contribution in [0.2, 0.25) is 0 Å². The van der Waals surface area contributed by atoms with Crippen LogP contribution in [0.1, 0.15) is 58.0 Å². The first kappa shape index (κ1) is 29.0. The Morgan fingerprint density at radius 3 is 2.62 bits per heavy atom. The van der Waals surface area contributed by atoms with Gasteiger partial charge >= 0.3 is 6.09 Å². The number of hydrogen-bond donors (Lipinski definition) is 2. The van der Waals surface area contributed by atoms with Gasteiger partial charge in [-0.25, -0.2) is 9.78 Å². The van der Waals surface area contributed by atoms with Gasteiger partial charge in [-0.3, -0.25) is 14.3 Å². The van der Waals surface area contributed by atoms with Crippen molar-refractivity contribution in [1.82, 2.24) is 25.1 Å². The van der Waals surface area contributed by atoms with Gasteiger partial charge in [-0.2, -0.15) is 0 Å². The van der Waals surface area contributed by atoms with Gasteiger partial charge in [-0.15, -0.1) is 0 Å². The molecule has 9 nitrogen and oxygen atoms in total. The first-order chi connectivity index (χ1) is 18.7. The second-order valence-corrected chi connectivity index (χ2v) is 10.9. The third-order valence-corrected chi connectivity index (χ3v) is 7.80. The number of benzene rings is 2. The molecule has 10 heteroatoms. The Morgan fingerprint density at radius 2 is 1.95 bits per heavy atom. The van der Waals surface area contributed by atoms with Crippen molar-refractivity contribution in [3.8, 4) is 11.5 Å². The predicted molar refractivity (Wildman–Crippen MR) is 157 cm³/mol. The van der Waals surface area contributed by atoms with Crippen molar-refractivity contribution >= 4 is 32.9 Å². The van der Waals surface area contributed by atoms with Gasteiger partial charge in [0, 0.05) is 38.3 Å². The van der Waals surface area contributed by atoms with Crippen LogP contribution in [-0.4, -0.2) is 52.8 Å². The summed E-state index contributed by atoms with van der Waals surface area (Å²) in [7, 11) is 1.60. The smallest absolute Gasteiger partial charge is 0.412 e. The molecular weight excluding hydrogens is 562 g/mol. The maximum Gasteiger partial charge on any atom is 0.412 e. The number of halogens is 1. The summed E-state index contributed by atoms with van der Waals surface area (Å²) in [5.41, 5.74) is 1.29. The number of carbonyl (C=O) groups excluding carboxylic acids is 1. The highest BCUT2D eigenvalue weighted by atomic mass is 79.9. The number of hydrogen-bond acceptors (Lipinski definition) is 7. The van der Waals surface area contributed by atoms with E-state index in [4.69, 9.17) is 14.5 Å². The molecule has 1 aliphatic heterocycles. The molecule has 3 aromatic rings. The highest BCUT2D eigenvalue weighted by Gasteiger charge is 2.31. The summed E-state index contributed by atoms with van der Waals surface area (Å²) in [5.74, 6) is 1.76. The third-order valence-electron chi connectivity index (χ3n) is 7.04. The number of aromatic nitrogens is 2. The van der Waals surface area contributed by atoms with Crippen molar-refractivity contribution in [2.75, 3.05) is 20.2 Å². The molecule has 2 aromatic carbocycles. The van der Waals surface area contributed by atoms with Crippen LogP contribution < -0.4 is 25.7 Å². The van der Waals surface area contributed by atoms with Crippen LogP contribution >= 0.6 is 15.9 Å². The molecule has 0 bridgehead atoms. The molecule has 0 saturated carbocycles. The number of nitrogens with zero attached hydrogens (tertiary/aromatic N) is 3. The molecule has 4 rings (SSSR count). The lowest BCUT2D eigenvalue weighted by Gasteiger charge is -2.41. The Hall–Kier alpha value is -2.95. The molecule has 3 atom stereocenters. The van der Waals surface area contributed by atoms with Crippen molar-refractivity contribution in [2.45, 2.75) is 71.8 Å². The summed E-state index contributed by atoms with van der Waals surface area (Å²) in [5, 5.41) is 6.83. The molecule has 0 radical (unpaired) electrons. The third kappa shape index (κ3) is 6.62. The molecule has 1 unspecified atom stereocenters. The van der Waals surface area contributed by atoms with E-state index in [1.807, 2.05) is 31.2 Å². The normalized spacial score (nSPS) is 18.6. The van der Waals surface area contributed by atoms with Crippen molar-refractivity contribution in [1.29, 1.82) is 0 Å². The summed E-state index contributed by atoms with van der Waals surface area (Å²) in [6.45, 7) is 11.1. The van der Waals surface area contributed by atoms with E-state index < -0.39 is 6.09 Å². The van der Waals surface area contributed by atoms with Crippen LogP contribution in [0.3, 0.4) is 0 Å². The zero-order valence-corrected chi connectivity index (χ0v) is 24.9. The van der Waals surface area contributed by atoms with E-state index in [9.17, 15) is 9.59 Å². The molecule has 39 heavy (non-hydrogen) atoms. The Morgan fingerprint density at radius 1 is 1.21 bits per heavy atom. The number of amides is 1. The second-order valence-electron chi connectivity index (χ2n) is 10.1. The average Bonchev–Trinajstić information content (AvgIpc) is 2.91. The largest absolute Gasteiger partial charge is 0.497 e. The minimum absolute atomic E-state index is 0.00156. The SMILES string of the molecule is CCCC(c1nc2c(Br)c(OC(=O)NCc3cccc(OC)c3)ccc2c(=O)n1CC)N1C[C@@H](C)N[C@@H](C)C1. The Bertz CT molecular complexity index is 1370. The van der Waals surface area contributed by atoms with Gasteiger partial charge < -0.3 is 20.1 Å². The summed E-state index contributed by atoms with van der Waals surface area (Å²) in [4.78, 5) is 33.8. The topological polar surface area (TPSA) is 97.7 Å². The Kier molecular flexibility index (Phi) is 9.63. The monoisotopic (exact) mass is 599 g/mol. The average molecular weight is 601 g/mol. The molecule has 0 spiro atoms. The maximum atomic E-state index is 13.6. The second kappa shape index (κ2) is 12.9. The summed E-state index contributed by atoms with van der Waals surface area (Å²) >= 11 is 3.59. The van der Waals surface area contributed by atoms with Gasteiger partial charge in [0.15, 0.2) is 0 Å². The van der Waals surface area contributed by atoms with Crippen LogP contribution in [0.25, 0.3) is 10.9 Å². The maximum absolute atomic E-state index is 13.6. The fraction of sp³-hybridized carbons (Fsp3) is 0.483. The lowest BCUT2D eigenvalue weighted by Crippen LogP contribution is -2.55. The van der Waals surface area contributed by atoms with Crippen molar-refractivity contribution in [3.05, 3.63) is 62.6 Å². The zero-order valence-electron chi connectivity index (χ0n) is 23.3. The lowest BCUT2D eigenvalue weighted by atomic mass is 10.0. The molecule has 0 aliphatic carbocycles. The lowest BCUT2D eigenvalue weighted by molar-refractivity contribution is 0.109. The van der Waals surface area contributed by atoms with E-state index in [2.05, 4.69) is 52.2 Å². The summed E-state index contributed by atoms with van der Waals surface area (Å²) in [6, 6.07) is 11.5. The van der Waals surface area contributed by atoms with E-state index in [-0.39, 0.29) is 18.1 Å². The number of fused-ring (bicyclic) bond motifs is 1. The van der Waals surface area contributed by atoms with Gasteiger partial charge in [0.25, 0.3) is 5.56 Å². The highest BCUT2D eigenvalue weighted by molar-refractivity contribution is 9.10. The van der Waals surface area contributed by atoms with Crippen LogP contribution in [0, 0.1) is 0 Å². The van der Waals surface area contributed by atoms with Gasteiger partial charge in [-0.1, -0.05) is 25.5 Å². The number of carbonyl (C=O) groups is 1. The van der Waals surface area contributed by atoms with E-state index >= 15 is 0 Å². The number of methoxy groups -OCH3 is 1. The summed E-state index contributed by atoms with van der Waals surface area (Å²) < 4.78 is 13.1. The summed E-state index contributed by atoms with van der Waals surface area (Å²) in [6.07, 6.45) is 1.25. The first-order valence-corrected chi connectivity index (χ1v) is 14.4. The fourth-order valence-electron chi connectivity index (χ4n) is 5.36. The van der Waals surface area contributed by atoms with Gasteiger partial charge in [-0.05, 0) is 73.0 Å². The molecule has 1 amide bonds. The molecular formula is C29H38BrN5O4. The molecule has 1 aliphatic rings. The molecule has 210 valence electrons. The van der Waals surface area contributed by atoms with Crippen LogP contribution in [0.15, 0.2) is 45.7 Å². The van der Waals surface area contributed by atoms with Crippen LogP contribution in [0.5, 0.6) is 11.5 Å². The molecule has 1 saturated heterocycles. The minimum Gasteiger partial charge on any atom is -0.497 e. The predicted octanol–water partition coefficient (Wildman–Crippen LogP) is 5.00. The first-order valence-electron chi connectivity index (χ1n) is 13.6. The van der Waals surface area contributed by atoms with E-state index in [0.717, 1.165) is 37.3 Å². The number of rotatable bonds is 9. The van der Waals surface area contributed by atoms with Crippen molar-refractivity contribution in [2.24, 2.45) is 0 Å². The van der Waals surface area contributed by atoms with Crippen LogP contribution in [0.4, 0.5) is 4.79 Å². The van der Waals surface area contributed by atoms with Crippen molar-refractivity contribution < 1.29 is 14.3 Å². The Labute approximate surface area is 238 Å². The standard InChI is InChI=1S/C29H38BrN5O4/c1-6-9-23(34-16-18(3)32-19(4)17-34)27-33-26-22(28(36)35(27)7-2)12-13-24(25(26)30)39-29(37)31-15-20-10-8-11-21(14-20)38-5/h8,10-14,18-19,23,32H,6-7,9,15-17H2,1-5H3,(H,31,37)/t18-,19+,23?. The molecule has 1 aromatic heterocycles. The van der Waals surface area contributed by atoms with Gasteiger partial charge in [0.05, 0.1) is 28.5 Å². The number of nitrogens with one attached hydrogen (secondary N) is 2. The minimum atomic E-state index is -0.604. The van der Waals surface area contributed by atoms with Gasteiger partial charge in [0.1, 0.15) is 17.3 Å². The number of piperazine rings is 1. The Balaban J connectivity index is 1.65. The van der Waals surface area contributed by atoms with E-state index in [0.29, 0.717) is 45.5 Å². The molecule has 1 fully saturated rings. The molecule has 2 N–H and O–H groups in total. The van der Waals surface area contributed by atoms with Crippen LogP contribution in [-0.2, 0) is 13.1 Å². The molecule has 2 heterocycles. The number of ether oxygens (including phenoxy) is 2. The fourth-order valence-corrected chi connectivity index (χ4v) is 5.87. The van der Waals surface area contributed by atoms with E-state index in [1.165, 1.54) is 0 Å². The quantitative estimate of drug-likeness (QED) is 0.357. The highest BCUT2D eigenvalue weighted by Crippen LogP contribution is 2.33. The van der Waals surface area contributed by atoms with E-state index in [1.54, 1.807) is 23.8 Å². The van der Waals surface area contributed by atoms with Gasteiger partial charge in [0.2, 0.25) is 0 Å². The van der Waals surface area contributed by atoms with Crippen molar-refractivity contribution in [3.63, 3.8) is 0 Å².